The lowest BCUT2D eigenvalue weighted by Crippen LogP contribution is -2.04. The van der Waals surface area contributed by atoms with Gasteiger partial charge in [0.25, 0.3) is 0 Å². The Morgan fingerprint density at radius 2 is 1.90 bits per heavy atom. The van der Waals surface area contributed by atoms with Crippen molar-refractivity contribution in [3.8, 4) is 0 Å². The standard InChI is InChI=1S/C7H9NOS/c9-8(10)6-7-4-2-1-3-5-7/h1-5,9-10H,6H2. The summed E-state index contributed by atoms with van der Waals surface area (Å²) in [7, 11) is 0. The lowest BCUT2D eigenvalue weighted by molar-refractivity contribution is 0.0119. The van der Waals surface area contributed by atoms with Gasteiger partial charge in [0.05, 0.1) is 6.54 Å². The molecule has 0 aromatic heterocycles. The SMILES string of the molecule is ON(S)Cc1ccccc1. The Morgan fingerprint density at radius 3 is 2.40 bits per heavy atom. The van der Waals surface area contributed by atoms with Crippen molar-refractivity contribution in [3.63, 3.8) is 0 Å². The number of nitrogens with zero attached hydrogens (tertiary/aromatic N) is 1. The van der Waals surface area contributed by atoms with Crippen LogP contribution in [0.4, 0.5) is 0 Å². The molecule has 1 N–H and O–H groups in total. The van der Waals surface area contributed by atoms with Crippen molar-refractivity contribution in [1.29, 1.82) is 0 Å². The van der Waals surface area contributed by atoms with E-state index < -0.39 is 0 Å². The second kappa shape index (κ2) is 3.61. The van der Waals surface area contributed by atoms with E-state index in [1.54, 1.807) is 0 Å². The minimum absolute atomic E-state index is 0.448. The fourth-order valence-electron chi connectivity index (χ4n) is 0.747. The highest BCUT2D eigenvalue weighted by atomic mass is 32.1. The fraction of sp³-hybridized carbons (Fsp3) is 0.143. The summed E-state index contributed by atoms with van der Waals surface area (Å²) >= 11 is 3.70. The molecule has 0 saturated heterocycles. The summed E-state index contributed by atoms with van der Waals surface area (Å²) in [6.07, 6.45) is 0. The Morgan fingerprint density at radius 1 is 1.30 bits per heavy atom. The maximum absolute atomic E-state index is 8.70. The molecular formula is C7H9NOS. The Labute approximate surface area is 65.6 Å². The maximum Gasteiger partial charge on any atom is 0.0601 e. The van der Waals surface area contributed by atoms with E-state index in [4.69, 9.17) is 5.21 Å². The molecule has 1 aromatic rings. The molecule has 0 aliphatic rings. The third kappa shape index (κ3) is 2.39. The van der Waals surface area contributed by atoms with Gasteiger partial charge in [0.15, 0.2) is 0 Å². The molecule has 0 unspecified atom stereocenters. The highest BCUT2D eigenvalue weighted by Crippen LogP contribution is 2.02. The zero-order chi connectivity index (χ0) is 7.40. The van der Waals surface area contributed by atoms with Gasteiger partial charge in [0.1, 0.15) is 0 Å². The number of hydrogen-bond donors (Lipinski definition) is 2. The Bertz CT molecular complexity index is 188. The number of benzene rings is 1. The van der Waals surface area contributed by atoms with E-state index in [-0.39, 0.29) is 0 Å². The second-order valence-corrected chi connectivity index (χ2v) is 2.48. The van der Waals surface area contributed by atoms with E-state index >= 15 is 0 Å². The second-order valence-electron chi connectivity index (χ2n) is 2.02. The average molecular weight is 155 g/mol. The molecule has 3 heteroatoms. The van der Waals surface area contributed by atoms with Crippen molar-refractivity contribution < 1.29 is 5.21 Å². The molecule has 0 radical (unpaired) electrons. The van der Waals surface area contributed by atoms with Crippen LogP contribution in [0.2, 0.25) is 0 Å². The summed E-state index contributed by atoms with van der Waals surface area (Å²) in [6.45, 7) is 0.448. The zero-order valence-electron chi connectivity index (χ0n) is 5.44. The molecule has 0 bridgehead atoms. The van der Waals surface area contributed by atoms with E-state index in [1.165, 1.54) is 0 Å². The summed E-state index contributed by atoms with van der Waals surface area (Å²) in [4.78, 5) is 0. The third-order valence-corrected chi connectivity index (χ3v) is 1.31. The molecule has 0 fully saturated rings. The quantitative estimate of drug-likeness (QED) is 0.502. The monoisotopic (exact) mass is 155 g/mol. The van der Waals surface area contributed by atoms with E-state index in [9.17, 15) is 0 Å². The van der Waals surface area contributed by atoms with Crippen molar-refractivity contribution >= 4 is 12.8 Å². The molecule has 1 aromatic carbocycles. The van der Waals surface area contributed by atoms with Gasteiger partial charge in [-0.2, -0.15) is 0 Å². The molecule has 0 atom stereocenters. The van der Waals surface area contributed by atoms with Crippen LogP contribution in [-0.4, -0.2) is 9.68 Å². The van der Waals surface area contributed by atoms with Gasteiger partial charge in [-0.15, -0.1) is 4.47 Å². The van der Waals surface area contributed by atoms with Gasteiger partial charge in [0.2, 0.25) is 0 Å². The van der Waals surface area contributed by atoms with Gasteiger partial charge < -0.3 is 5.21 Å². The molecule has 0 aliphatic carbocycles. The van der Waals surface area contributed by atoms with Crippen molar-refractivity contribution in [2.75, 3.05) is 0 Å². The molecule has 10 heavy (non-hydrogen) atoms. The van der Waals surface area contributed by atoms with Gasteiger partial charge in [-0.05, 0) is 5.56 Å². The zero-order valence-corrected chi connectivity index (χ0v) is 6.33. The van der Waals surface area contributed by atoms with Crippen molar-refractivity contribution in [1.82, 2.24) is 4.47 Å². The van der Waals surface area contributed by atoms with E-state index in [1.807, 2.05) is 30.3 Å². The number of hydrogen-bond acceptors (Lipinski definition) is 3. The molecule has 54 valence electrons. The highest BCUT2D eigenvalue weighted by molar-refractivity contribution is 7.77. The van der Waals surface area contributed by atoms with Crippen LogP contribution in [0.1, 0.15) is 5.56 Å². The molecular weight excluding hydrogens is 146 g/mol. The first-order chi connectivity index (χ1) is 4.79. The van der Waals surface area contributed by atoms with E-state index in [2.05, 4.69) is 12.8 Å². The van der Waals surface area contributed by atoms with Crippen molar-refractivity contribution in [2.45, 2.75) is 6.54 Å². The Kier molecular flexibility index (Phi) is 2.74. The van der Waals surface area contributed by atoms with Crippen LogP contribution in [0.25, 0.3) is 0 Å². The van der Waals surface area contributed by atoms with Crippen LogP contribution in [0, 0.1) is 0 Å². The van der Waals surface area contributed by atoms with Gasteiger partial charge in [-0.3, -0.25) is 0 Å². The summed E-state index contributed by atoms with van der Waals surface area (Å²) < 4.78 is 0.856. The minimum Gasteiger partial charge on any atom is -0.303 e. The van der Waals surface area contributed by atoms with Crippen LogP contribution in [0.5, 0.6) is 0 Å². The predicted molar refractivity (Wildman–Crippen MR) is 42.8 cm³/mol. The minimum atomic E-state index is 0.448. The predicted octanol–water partition coefficient (Wildman–Crippen LogP) is 1.72. The Balaban J connectivity index is 2.59. The molecule has 0 spiro atoms. The first-order valence-electron chi connectivity index (χ1n) is 2.98. The van der Waals surface area contributed by atoms with Gasteiger partial charge in [0, 0.05) is 0 Å². The molecule has 2 nitrogen and oxygen atoms in total. The molecule has 0 heterocycles. The third-order valence-electron chi connectivity index (χ3n) is 1.17. The van der Waals surface area contributed by atoms with Crippen LogP contribution in [-0.2, 0) is 6.54 Å². The molecule has 0 saturated carbocycles. The largest absolute Gasteiger partial charge is 0.303 e. The van der Waals surface area contributed by atoms with Gasteiger partial charge in [-0.25, -0.2) is 0 Å². The summed E-state index contributed by atoms with van der Waals surface area (Å²) in [5, 5.41) is 8.70. The topological polar surface area (TPSA) is 23.5 Å². The number of hydroxylamine groups is 1. The average Bonchev–Trinajstić information content (AvgIpc) is 1.88. The molecule has 1 rings (SSSR count). The van der Waals surface area contributed by atoms with E-state index in [0.717, 1.165) is 10.0 Å². The number of rotatable bonds is 2. The lowest BCUT2D eigenvalue weighted by Gasteiger charge is -2.04. The highest BCUT2D eigenvalue weighted by Gasteiger charge is 1.93. The van der Waals surface area contributed by atoms with Crippen molar-refractivity contribution in [2.24, 2.45) is 0 Å². The van der Waals surface area contributed by atoms with E-state index in [0.29, 0.717) is 6.54 Å². The molecule has 0 amide bonds. The van der Waals surface area contributed by atoms with Crippen LogP contribution < -0.4 is 0 Å². The summed E-state index contributed by atoms with van der Waals surface area (Å²) in [5.74, 6) is 0. The lowest BCUT2D eigenvalue weighted by atomic mass is 10.2. The van der Waals surface area contributed by atoms with Crippen LogP contribution in [0.3, 0.4) is 0 Å². The van der Waals surface area contributed by atoms with Crippen molar-refractivity contribution in [3.05, 3.63) is 35.9 Å². The van der Waals surface area contributed by atoms with Gasteiger partial charge >= 0.3 is 0 Å². The Hall–Kier alpha value is -0.510. The fourth-order valence-corrected chi connectivity index (χ4v) is 0.910. The maximum atomic E-state index is 8.70. The molecule has 0 aliphatic heterocycles. The smallest absolute Gasteiger partial charge is 0.0601 e. The summed E-state index contributed by atoms with van der Waals surface area (Å²) in [5.41, 5.74) is 1.04. The van der Waals surface area contributed by atoms with Gasteiger partial charge in [-0.1, -0.05) is 43.1 Å². The first-order valence-corrected chi connectivity index (χ1v) is 3.38. The summed E-state index contributed by atoms with van der Waals surface area (Å²) in [6, 6.07) is 9.64. The number of thiol groups is 1. The van der Waals surface area contributed by atoms with Crippen LogP contribution >= 0.6 is 12.8 Å². The first kappa shape index (κ1) is 7.60. The van der Waals surface area contributed by atoms with Crippen LogP contribution in [0.15, 0.2) is 30.3 Å². The normalized spacial score (nSPS) is 10.3.